The van der Waals surface area contributed by atoms with Crippen molar-refractivity contribution in [1.82, 2.24) is 6.15 Å². The number of rotatable bonds is 30. The minimum absolute atomic E-state index is 0. The lowest BCUT2D eigenvalue weighted by atomic mass is 9.83. The van der Waals surface area contributed by atoms with Gasteiger partial charge in [0.05, 0.1) is 0 Å². The predicted molar refractivity (Wildman–Crippen MR) is 175 cm³/mol. The molecule has 0 heterocycles. The van der Waals surface area contributed by atoms with Crippen molar-refractivity contribution in [2.75, 3.05) is 0 Å². The molecule has 0 aliphatic heterocycles. The van der Waals surface area contributed by atoms with Gasteiger partial charge in [-0.15, -0.1) is 0 Å². The van der Waals surface area contributed by atoms with E-state index in [1.165, 1.54) is 0 Å². The molecule has 0 spiro atoms. The zero-order valence-corrected chi connectivity index (χ0v) is 43.1. The molecule has 64 heteroatoms. The highest BCUT2D eigenvalue weighted by molar-refractivity contribution is 7.45. The second-order valence-corrected chi connectivity index (χ2v) is 19.3. The van der Waals surface area contributed by atoms with E-state index in [1.807, 2.05) is 0 Å². The van der Waals surface area contributed by atoms with E-state index in [1.54, 1.807) is 0 Å². The Bertz CT molecular complexity index is 2620. The highest BCUT2D eigenvalue weighted by Crippen LogP contribution is 2.73. The first-order valence-electron chi connectivity index (χ1n) is 20.4. The van der Waals surface area contributed by atoms with Gasteiger partial charge in [0.2, 0.25) is 0 Å². The van der Waals surface area contributed by atoms with Crippen molar-refractivity contribution in [3.05, 3.63) is 0 Å². The van der Waals surface area contributed by atoms with E-state index in [0.717, 1.165) is 0 Å². The Morgan fingerprint density at radius 1 is 0.198 bits per heavy atom. The van der Waals surface area contributed by atoms with Crippen molar-refractivity contribution < 1.29 is 273 Å². The molecule has 0 saturated heterocycles. The lowest BCUT2D eigenvalue weighted by Gasteiger charge is -2.47. The fourth-order valence-electron chi connectivity index (χ4n) is 5.77. The molecule has 0 saturated carbocycles. The SMILES string of the molecule is CC(OP(=O)([O-])OC(C)C(F)(F)C(F)(F)C(F)(F)C(F)(F)C(F)(F)C(F)(F)C(F)(F)C(F)(F)C(F)(F)C(F)(F)C(F)(F)C(F)(F)C(F)(F)C(F)(F)F)C(F)(F)C(F)(F)C(F)(F)C(F)(F)C(F)(F)C(F)(F)C(F)(F)C(F)(F)C(F)(F)C(F)(F)C(F)(F)C(F)(F)C(F)(F)C(F)(F)F.[NH4+]. The van der Waals surface area contributed by atoms with Crippen LogP contribution in [0.5, 0.6) is 0 Å². The first-order chi connectivity index (χ1) is 39.8. The Kier molecular flexibility index (Phi) is 22.8. The molecule has 0 amide bonds. The van der Waals surface area contributed by atoms with E-state index >= 15 is 0 Å². The molecule has 0 aromatic carbocycles. The summed E-state index contributed by atoms with van der Waals surface area (Å²) < 4.78 is 818. The monoisotopic (exact) mass is 1610 g/mol. The van der Waals surface area contributed by atoms with Crippen LogP contribution in [-0.2, 0) is 13.6 Å². The minimum atomic E-state index is -10.5. The van der Waals surface area contributed by atoms with Gasteiger partial charge in [0.1, 0.15) is 12.2 Å². The van der Waals surface area contributed by atoms with Crippen LogP contribution < -0.4 is 11.0 Å². The molecule has 580 valence electrons. The van der Waals surface area contributed by atoms with Gasteiger partial charge in [-0.2, -0.15) is 255 Å². The van der Waals surface area contributed by atoms with E-state index < -0.39 is 200 Å². The summed E-state index contributed by atoms with van der Waals surface area (Å²) in [6.07, 6.45) is -29.2. The van der Waals surface area contributed by atoms with E-state index in [-0.39, 0.29) is 6.15 Å². The third-order valence-electron chi connectivity index (χ3n) is 11.8. The molecule has 0 aliphatic carbocycles. The molecule has 5 nitrogen and oxygen atoms in total. The average Bonchev–Trinajstić information content (AvgIpc) is 0.689. The number of quaternary nitrogens is 1. The Hall–Kier alpha value is -3.99. The lowest BCUT2D eigenvalue weighted by molar-refractivity contribution is -0.488. The third kappa shape index (κ3) is 11.2. The van der Waals surface area contributed by atoms with Crippen molar-refractivity contribution in [2.24, 2.45) is 0 Å². The van der Waals surface area contributed by atoms with Crippen molar-refractivity contribution in [1.29, 1.82) is 0 Å². The van der Waals surface area contributed by atoms with E-state index in [9.17, 15) is 264 Å². The van der Waals surface area contributed by atoms with Crippen LogP contribution in [0.2, 0.25) is 0 Å². The first-order valence-corrected chi connectivity index (χ1v) is 21.9. The largest absolute Gasteiger partial charge is 0.756 e. The van der Waals surface area contributed by atoms with Crippen LogP contribution in [0.4, 0.5) is 255 Å². The van der Waals surface area contributed by atoms with Crippen molar-refractivity contribution in [2.45, 2.75) is 192 Å². The van der Waals surface area contributed by atoms with Gasteiger partial charge in [0.25, 0.3) is 7.82 Å². The van der Waals surface area contributed by atoms with Gasteiger partial charge in [-0.05, 0) is 13.8 Å². The van der Waals surface area contributed by atoms with Gasteiger partial charge in [0.15, 0.2) is 0 Å². The van der Waals surface area contributed by atoms with Gasteiger partial charge in [0, 0.05) is 0 Å². The molecule has 2 atom stereocenters. The normalized spacial score (nSPS) is 18.3. The maximum Gasteiger partial charge on any atom is 0.460 e. The summed E-state index contributed by atoms with van der Waals surface area (Å²) in [4.78, 5) is 11.8. The van der Waals surface area contributed by atoms with E-state index in [0.29, 0.717) is 0 Å². The smallest absolute Gasteiger partial charge is 0.460 e. The molecule has 96 heavy (non-hydrogen) atoms. The Morgan fingerprint density at radius 2 is 0.281 bits per heavy atom. The second kappa shape index (κ2) is 23.3. The summed E-state index contributed by atoms with van der Waals surface area (Å²) in [6.45, 7) is -3.66. The van der Waals surface area contributed by atoms with Crippen LogP contribution in [0.15, 0.2) is 0 Å². The summed E-state index contributed by atoms with van der Waals surface area (Å²) >= 11 is 0. The molecule has 0 bridgehead atoms. The molecule has 0 aliphatic rings. The zero-order chi connectivity index (χ0) is 79.1. The summed E-state index contributed by atoms with van der Waals surface area (Å²) in [5.41, 5.74) is 0. The molecular weight excluding hydrogens is 1600 g/mol. The van der Waals surface area contributed by atoms with E-state index in [2.05, 4.69) is 9.05 Å². The lowest BCUT2D eigenvalue weighted by Crippen LogP contribution is -2.79. The Morgan fingerprint density at radius 3 is 0.375 bits per heavy atom. The highest BCUT2D eigenvalue weighted by atomic mass is 31.2. The van der Waals surface area contributed by atoms with Gasteiger partial charge in [-0.1, -0.05) is 0 Å². The van der Waals surface area contributed by atoms with Crippen molar-refractivity contribution in [3.63, 3.8) is 0 Å². The summed E-state index contributed by atoms with van der Waals surface area (Å²) in [5.74, 6) is -260. The quantitative estimate of drug-likeness (QED) is 0.0573. The van der Waals surface area contributed by atoms with Crippen molar-refractivity contribution in [3.8, 4) is 0 Å². The molecule has 0 aromatic rings. The average molecular weight is 1610 g/mol. The zero-order valence-electron chi connectivity index (χ0n) is 42.2. The van der Waals surface area contributed by atoms with Crippen LogP contribution in [-0.4, -0.2) is 179 Å². The fraction of sp³-hybridized carbons (Fsp3) is 1.00. The summed E-state index contributed by atoms with van der Waals surface area (Å²) in [6, 6.07) is 0. The van der Waals surface area contributed by atoms with Crippen molar-refractivity contribution >= 4 is 7.82 Å². The number of hydrogen-bond donors (Lipinski definition) is 1. The molecule has 0 radical (unpaired) electrons. The number of alkyl halides is 58. The number of hydrogen-bond acceptors (Lipinski definition) is 4. The molecule has 0 rings (SSSR count). The standard InChI is InChI=1S/C32H9F58O4P.H3N/c1-3(5(33,34)7(37,38)9(41,42)11(45,46)13(49,50)15(53,54)17(57,58)19(61,62)21(65,66)23(69,70)25(73,74)27(77,78)29(81,82)31(85,86)87)93-95(91,92)94-4(2)6(35,36)8(39,40)10(43,44)12(47,48)14(51,52)16(55,56)18(59,60)20(63,64)22(67,68)24(71,72)26(75,76)28(79,80)30(83,84)32(88,89)90;/h3-4H,1-2H3,(H,91,92);1H3. The number of halogens is 58. The third-order valence-corrected chi connectivity index (χ3v) is 13.0. The van der Waals surface area contributed by atoms with Gasteiger partial charge in [-0.3, -0.25) is 4.57 Å². The molecular formula is C32H12F58NO4P. The van der Waals surface area contributed by atoms with E-state index in [4.69, 9.17) is 0 Å². The van der Waals surface area contributed by atoms with Gasteiger partial charge in [-0.25, -0.2) is 0 Å². The first kappa shape index (κ1) is 94.1. The van der Waals surface area contributed by atoms with Crippen LogP contribution in [0.1, 0.15) is 13.8 Å². The number of phosphoric acid groups is 1. The molecule has 2 unspecified atom stereocenters. The topological polar surface area (TPSA) is 95.1 Å². The fourth-order valence-corrected chi connectivity index (χ4v) is 6.86. The highest BCUT2D eigenvalue weighted by Gasteiger charge is 3.04. The summed E-state index contributed by atoms with van der Waals surface area (Å²) in [5, 5.41) is 0. The Labute approximate surface area is 480 Å². The summed E-state index contributed by atoms with van der Waals surface area (Å²) in [7, 11) is -8.97. The molecule has 0 aromatic heterocycles. The predicted octanol–water partition coefficient (Wildman–Crippen LogP) is 19.3. The molecule has 4 N–H and O–H groups in total. The van der Waals surface area contributed by atoms with Crippen LogP contribution >= 0.6 is 7.82 Å². The minimum Gasteiger partial charge on any atom is -0.756 e. The van der Waals surface area contributed by atoms with Crippen LogP contribution in [0, 0.1) is 0 Å². The Balaban J connectivity index is 0. The van der Waals surface area contributed by atoms with Crippen LogP contribution in [0.3, 0.4) is 0 Å². The maximum absolute atomic E-state index is 14.6. The van der Waals surface area contributed by atoms with Gasteiger partial charge < -0.3 is 20.1 Å². The van der Waals surface area contributed by atoms with Gasteiger partial charge >= 0.3 is 166 Å². The maximum atomic E-state index is 14.6. The second-order valence-electron chi connectivity index (χ2n) is 18.0. The van der Waals surface area contributed by atoms with Crippen LogP contribution in [0.25, 0.3) is 0 Å². The number of phosphoric ester groups is 1. The molecule has 0 fully saturated rings.